The van der Waals surface area contributed by atoms with Crippen molar-refractivity contribution in [2.24, 2.45) is 0 Å². The molecule has 4 nitrogen and oxygen atoms in total. The molecular weight excluding hydrogens is 273 g/mol. The molecule has 2 N–H and O–H groups in total. The lowest BCUT2D eigenvalue weighted by Gasteiger charge is -2.09. The van der Waals surface area contributed by atoms with Gasteiger partial charge in [-0.3, -0.25) is 4.79 Å². The number of aliphatic hydroxyl groups excluding tert-OH is 1. The van der Waals surface area contributed by atoms with Crippen LogP contribution in [-0.2, 0) is 0 Å². The average Bonchev–Trinajstić information content (AvgIpc) is 2.49. The third kappa shape index (κ3) is 4.03. The number of amides is 1. The molecule has 0 saturated carbocycles. The third-order valence-corrected chi connectivity index (χ3v) is 2.92. The fourth-order valence-electron chi connectivity index (χ4n) is 1.84. The molecular formula is C16H16FNO3. The Kier molecular flexibility index (Phi) is 4.90. The number of benzene rings is 2. The zero-order valence-electron chi connectivity index (χ0n) is 11.6. The van der Waals surface area contributed by atoms with E-state index in [9.17, 15) is 9.18 Å². The minimum Gasteiger partial charge on any atom is -0.491 e. The van der Waals surface area contributed by atoms with Crippen LogP contribution < -0.4 is 10.1 Å². The van der Waals surface area contributed by atoms with E-state index in [0.29, 0.717) is 22.6 Å². The summed E-state index contributed by atoms with van der Waals surface area (Å²) in [6, 6.07) is 10.8. The first kappa shape index (κ1) is 15.0. The fraction of sp³-hybridized carbons (Fsp3) is 0.188. The topological polar surface area (TPSA) is 58.6 Å². The molecule has 0 bridgehead atoms. The molecule has 0 spiro atoms. The number of carbonyl (C=O) groups is 1. The Balaban J connectivity index is 2.07. The Labute approximate surface area is 122 Å². The lowest BCUT2D eigenvalue weighted by molar-refractivity contribution is 0.102. The Hall–Kier alpha value is -2.40. The standard InChI is InChI=1S/C16H16FNO3/c1-11-2-3-12(17)10-15(11)16(20)18-13-4-6-14(7-5-13)21-9-8-19/h2-7,10,19H,8-9H2,1H3,(H,18,20). The van der Waals surface area contributed by atoms with Crippen LogP contribution in [0.1, 0.15) is 15.9 Å². The van der Waals surface area contributed by atoms with E-state index in [-0.39, 0.29) is 19.1 Å². The van der Waals surface area contributed by atoms with E-state index in [1.54, 1.807) is 37.3 Å². The smallest absolute Gasteiger partial charge is 0.256 e. The Bertz CT molecular complexity index is 626. The van der Waals surface area contributed by atoms with E-state index in [1.807, 2.05) is 0 Å². The molecule has 0 unspecified atom stereocenters. The molecule has 2 aromatic carbocycles. The van der Waals surface area contributed by atoms with Gasteiger partial charge in [0.25, 0.3) is 5.91 Å². The maximum absolute atomic E-state index is 13.2. The molecule has 2 aromatic rings. The van der Waals surface area contributed by atoms with Crippen molar-refractivity contribution in [3.8, 4) is 5.75 Å². The lowest BCUT2D eigenvalue weighted by atomic mass is 10.1. The van der Waals surface area contributed by atoms with Crippen LogP contribution in [0.5, 0.6) is 5.75 Å². The second-order valence-corrected chi connectivity index (χ2v) is 4.51. The number of nitrogens with one attached hydrogen (secondary N) is 1. The summed E-state index contributed by atoms with van der Waals surface area (Å²) in [6.07, 6.45) is 0. The van der Waals surface area contributed by atoms with Crippen LogP contribution in [0, 0.1) is 12.7 Å². The summed E-state index contributed by atoms with van der Waals surface area (Å²) in [4.78, 5) is 12.1. The van der Waals surface area contributed by atoms with Crippen molar-refractivity contribution >= 4 is 11.6 Å². The molecule has 2 rings (SSSR count). The van der Waals surface area contributed by atoms with Gasteiger partial charge in [-0.1, -0.05) is 6.07 Å². The molecule has 1 amide bonds. The van der Waals surface area contributed by atoms with E-state index < -0.39 is 5.82 Å². The Morgan fingerprint density at radius 2 is 1.95 bits per heavy atom. The molecule has 0 aliphatic carbocycles. The van der Waals surface area contributed by atoms with Crippen LogP contribution in [0.4, 0.5) is 10.1 Å². The monoisotopic (exact) mass is 289 g/mol. The molecule has 0 radical (unpaired) electrons. The summed E-state index contributed by atoms with van der Waals surface area (Å²) >= 11 is 0. The zero-order chi connectivity index (χ0) is 15.2. The summed E-state index contributed by atoms with van der Waals surface area (Å²) in [6.45, 7) is 1.91. The van der Waals surface area contributed by atoms with Crippen molar-refractivity contribution in [1.82, 2.24) is 0 Å². The predicted molar refractivity (Wildman–Crippen MR) is 78.1 cm³/mol. The molecule has 21 heavy (non-hydrogen) atoms. The first-order chi connectivity index (χ1) is 10.1. The molecule has 5 heteroatoms. The average molecular weight is 289 g/mol. The van der Waals surface area contributed by atoms with Crippen molar-refractivity contribution in [3.05, 3.63) is 59.4 Å². The van der Waals surface area contributed by atoms with E-state index in [1.165, 1.54) is 12.1 Å². The van der Waals surface area contributed by atoms with Crippen LogP contribution in [0.25, 0.3) is 0 Å². The van der Waals surface area contributed by atoms with Crippen molar-refractivity contribution in [2.45, 2.75) is 6.92 Å². The van der Waals surface area contributed by atoms with E-state index >= 15 is 0 Å². The zero-order valence-corrected chi connectivity index (χ0v) is 11.6. The number of anilines is 1. The molecule has 0 fully saturated rings. The summed E-state index contributed by atoms with van der Waals surface area (Å²) in [7, 11) is 0. The maximum Gasteiger partial charge on any atom is 0.256 e. The first-order valence-electron chi connectivity index (χ1n) is 6.51. The summed E-state index contributed by atoms with van der Waals surface area (Å²) in [5.74, 6) is -0.210. The van der Waals surface area contributed by atoms with Crippen LogP contribution in [0.15, 0.2) is 42.5 Å². The van der Waals surface area contributed by atoms with Crippen molar-refractivity contribution < 1.29 is 19.0 Å². The van der Waals surface area contributed by atoms with Crippen molar-refractivity contribution in [1.29, 1.82) is 0 Å². The normalized spacial score (nSPS) is 10.2. The van der Waals surface area contributed by atoms with E-state index in [0.717, 1.165) is 0 Å². The SMILES string of the molecule is Cc1ccc(F)cc1C(=O)Nc1ccc(OCCO)cc1. The van der Waals surface area contributed by atoms with E-state index in [2.05, 4.69) is 5.32 Å². The van der Waals surface area contributed by atoms with Gasteiger partial charge in [0, 0.05) is 11.3 Å². The number of aliphatic hydroxyl groups is 1. The Morgan fingerprint density at radius 3 is 2.62 bits per heavy atom. The molecule has 0 aliphatic heterocycles. The first-order valence-corrected chi connectivity index (χ1v) is 6.51. The minimum absolute atomic E-state index is 0.0582. The molecule has 0 atom stereocenters. The number of aryl methyl sites for hydroxylation is 1. The minimum atomic E-state index is -0.446. The number of hydrogen-bond donors (Lipinski definition) is 2. The molecule has 0 heterocycles. The number of ether oxygens (including phenoxy) is 1. The van der Waals surface area contributed by atoms with Gasteiger partial charge in [-0.15, -0.1) is 0 Å². The third-order valence-electron chi connectivity index (χ3n) is 2.92. The van der Waals surface area contributed by atoms with Crippen LogP contribution in [-0.4, -0.2) is 24.2 Å². The van der Waals surface area contributed by atoms with Gasteiger partial charge in [0.05, 0.1) is 6.61 Å². The number of hydrogen-bond acceptors (Lipinski definition) is 3. The van der Waals surface area contributed by atoms with Gasteiger partial charge < -0.3 is 15.2 Å². The highest BCUT2D eigenvalue weighted by Gasteiger charge is 2.10. The van der Waals surface area contributed by atoms with Crippen LogP contribution in [0.3, 0.4) is 0 Å². The quantitative estimate of drug-likeness (QED) is 0.890. The van der Waals surface area contributed by atoms with Gasteiger partial charge in [-0.05, 0) is 48.9 Å². The molecule has 110 valence electrons. The lowest BCUT2D eigenvalue weighted by Crippen LogP contribution is -2.13. The highest BCUT2D eigenvalue weighted by Crippen LogP contribution is 2.17. The van der Waals surface area contributed by atoms with Gasteiger partial charge >= 0.3 is 0 Å². The highest BCUT2D eigenvalue weighted by atomic mass is 19.1. The largest absolute Gasteiger partial charge is 0.491 e. The molecule has 0 saturated heterocycles. The summed E-state index contributed by atoms with van der Waals surface area (Å²) in [5, 5.41) is 11.4. The number of carbonyl (C=O) groups excluding carboxylic acids is 1. The van der Waals surface area contributed by atoms with Gasteiger partial charge in [0.1, 0.15) is 18.2 Å². The summed E-state index contributed by atoms with van der Waals surface area (Å²) < 4.78 is 18.4. The van der Waals surface area contributed by atoms with Gasteiger partial charge in [0.15, 0.2) is 0 Å². The van der Waals surface area contributed by atoms with Crippen LogP contribution >= 0.6 is 0 Å². The predicted octanol–water partition coefficient (Wildman–Crippen LogP) is 2.76. The maximum atomic E-state index is 13.2. The van der Waals surface area contributed by atoms with Gasteiger partial charge in [-0.25, -0.2) is 4.39 Å². The number of halogens is 1. The van der Waals surface area contributed by atoms with E-state index in [4.69, 9.17) is 9.84 Å². The molecule has 0 aromatic heterocycles. The van der Waals surface area contributed by atoms with Crippen LogP contribution in [0.2, 0.25) is 0 Å². The molecule has 0 aliphatic rings. The second kappa shape index (κ2) is 6.85. The second-order valence-electron chi connectivity index (χ2n) is 4.51. The van der Waals surface area contributed by atoms with Gasteiger partial charge in [0.2, 0.25) is 0 Å². The Morgan fingerprint density at radius 1 is 1.24 bits per heavy atom. The van der Waals surface area contributed by atoms with Gasteiger partial charge in [-0.2, -0.15) is 0 Å². The fourth-order valence-corrected chi connectivity index (χ4v) is 1.84. The highest BCUT2D eigenvalue weighted by molar-refractivity contribution is 6.05. The number of rotatable bonds is 5. The van der Waals surface area contributed by atoms with Crippen molar-refractivity contribution in [2.75, 3.05) is 18.5 Å². The summed E-state index contributed by atoms with van der Waals surface area (Å²) in [5.41, 5.74) is 1.59. The van der Waals surface area contributed by atoms with Crippen molar-refractivity contribution in [3.63, 3.8) is 0 Å².